The fourth-order valence-corrected chi connectivity index (χ4v) is 4.48. The Balaban J connectivity index is 1.29. The highest BCUT2D eigenvalue weighted by Crippen LogP contribution is 2.38. The molecule has 2 aromatic rings. The molecule has 0 bridgehead atoms. The van der Waals surface area contributed by atoms with E-state index in [1.54, 1.807) is 0 Å². The number of rotatable bonds is 5. The van der Waals surface area contributed by atoms with Gasteiger partial charge in [0.15, 0.2) is 0 Å². The van der Waals surface area contributed by atoms with E-state index in [0.717, 1.165) is 57.6 Å². The van der Waals surface area contributed by atoms with Gasteiger partial charge in [-0.3, -0.25) is 14.8 Å². The molecule has 2 aliphatic rings. The number of aromatic nitrogens is 1. The summed E-state index contributed by atoms with van der Waals surface area (Å²) in [6.45, 7) is 4.75. The lowest BCUT2D eigenvalue weighted by Crippen LogP contribution is -2.44. The molecule has 0 N–H and O–H groups in total. The first-order valence-electron chi connectivity index (χ1n) is 10.1. The normalized spacial score (nSPS) is 21.8. The Hall–Kier alpha value is -2.26. The Labute approximate surface area is 167 Å². The number of piperidine rings is 1. The first-order chi connectivity index (χ1) is 13.7. The Morgan fingerprint density at radius 2 is 2.07 bits per heavy atom. The maximum absolute atomic E-state index is 9.08. The van der Waals surface area contributed by atoms with E-state index >= 15 is 0 Å². The van der Waals surface area contributed by atoms with Crippen molar-refractivity contribution >= 4 is 0 Å². The van der Waals surface area contributed by atoms with Crippen LogP contribution in [0.2, 0.25) is 0 Å². The molecule has 0 unspecified atom stereocenters. The van der Waals surface area contributed by atoms with Crippen molar-refractivity contribution < 1.29 is 4.74 Å². The van der Waals surface area contributed by atoms with Crippen LogP contribution in [-0.4, -0.2) is 53.2 Å². The molecule has 5 heteroatoms. The zero-order chi connectivity index (χ0) is 19.4. The molecule has 2 saturated heterocycles. The molecule has 0 aliphatic carbocycles. The monoisotopic (exact) mass is 376 g/mol. The van der Waals surface area contributed by atoms with E-state index in [0.29, 0.717) is 6.04 Å². The smallest absolute Gasteiger partial charge is 0.0991 e. The van der Waals surface area contributed by atoms with E-state index < -0.39 is 0 Å². The van der Waals surface area contributed by atoms with Crippen molar-refractivity contribution in [1.82, 2.24) is 14.8 Å². The van der Waals surface area contributed by atoms with Crippen molar-refractivity contribution in [2.75, 3.05) is 26.7 Å². The van der Waals surface area contributed by atoms with Gasteiger partial charge in [0.05, 0.1) is 23.8 Å². The number of likely N-dealkylation sites (tertiary alicyclic amines) is 1. The Morgan fingerprint density at radius 1 is 1.25 bits per heavy atom. The van der Waals surface area contributed by atoms with Crippen LogP contribution in [0.3, 0.4) is 0 Å². The van der Waals surface area contributed by atoms with Gasteiger partial charge in [-0.2, -0.15) is 5.26 Å². The van der Waals surface area contributed by atoms with Crippen LogP contribution in [0.15, 0.2) is 48.8 Å². The van der Waals surface area contributed by atoms with E-state index in [2.05, 4.69) is 40.0 Å². The number of hydrogen-bond donors (Lipinski definition) is 0. The molecule has 1 spiro atoms. The highest BCUT2D eigenvalue weighted by molar-refractivity contribution is 5.32. The third kappa shape index (κ3) is 4.41. The third-order valence-electron chi connectivity index (χ3n) is 6.20. The predicted octanol–water partition coefficient (Wildman–Crippen LogP) is 3.21. The van der Waals surface area contributed by atoms with Crippen LogP contribution in [0.5, 0.6) is 0 Å². The average Bonchev–Trinajstić information content (AvgIpc) is 3.15. The largest absolute Gasteiger partial charge is 0.373 e. The molecule has 1 aromatic carbocycles. The molecule has 1 aromatic heterocycles. The summed E-state index contributed by atoms with van der Waals surface area (Å²) in [5.74, 6) is 0. The molecule has 5 nitrogen and oxygen atoms in total. The molecule has 3 heterocycles. The van der Waals surface area contributed by atoms with Crippen molar-refractivity contribution in [3.05, 3.63) is 65.5 Å². The summed E-state index contributed by atoms with van der Waals surface area (Å²) < 4.78 is 6.36. The summed E-state index contributed by atoms with van der Waals surface area (Å²) >= 11 is 0. The predicted molar refractivity (Wildman–Crippen MR) is 108 cm³/mol. The molecular weight excluding hydrogens is 348 g/mol. The lowest BCUT2D eigenvalue weighted by molar-refractivity contribution is -0.0452. The van der Waals surface area contributed by atoms with Gasteiger partial charge < -0.3 is 4.74 Å². The third-order valence-corrected chi connectivity index (χ3v) is 6.20. The van der Waals surface area contributed by atoms with Gasteiger partial charge in [0.1, 0.15) is 0 Å². The SMILES string of the molecule is CN(Cc1cccnc1)[C@H]1COC2(CCN(Cc3cccc(C#N)c3)CC2)C1. The van der Waals surface area contributed by atoms with Crippen LogP contribution >= 0.6 is 0 Å². The van der Waals surface area contributed by atoms with Gasteiger partial charge in [0, 0.05) is 44.6 Å². The van der Waals surface area contributed by atoms with Crippen molar-refractivity contribution in [2.24, 2.45) is 0 Å². The van der Waals surface area contributed by atoms with Crippen LogP contribution in [0.25, 0.3) is 0 Å². The Morgan fingerprint density at radius 3 is 2.82 bits per heavy atom. The molecule has 1 atom stereocenters. The van der Waals surface area contributed by atoms with Gasteiger partial charge >= 0.3 is 0 Å². The molecule has 0 saturated carbocycles. The Bertz CT molecular complexity index is 824. The van der Waals surface area contributed by atoms with Gasteiger partial charge in [-0.1, -0.05) is 18.2 Å². The average molecular weight is 377 g/mol. The number of benzene rings is 1. The minimum atomic E-state index is 0.0405. The summed E-state index contributed by atoms with van der Waals surface area (Å²) in [6, 6.07) is 14.8. The molecule has 4 rings (SSSR count). The van der Waals surface area contributed by atoms with Crippen LogP contribution in [0.4, 0.5) is 0 Å². The first kappa shape index (κ1) is 19.1. The number of likely N-dealkylation sites (N-methyl/N-ethyl adjacent to an activating group) is 1. The molecule has 146 valence electrons. The van der Waals surface area contributed by atoms with Gasteiger partial charge in [-0.25, -0.2) is 0 Å². The molecule has 0 radical (unpaired) electrons. The van der Waals surface area contributed by atoms with Crippen molar-refractivity contribution in [2.45, 2.75) is 44.0 Å². The fraction of sp³-hybridized carbons (Fsp3) is 0.478. The zero-order valence-electron chi connectivity index (χ0n) is 16.6. The van der Waals surface area contributed by atoms with Crippen LogP contribution in [-0.2, 0) is 17.8 Å². The van der Waals surface area contributed by atoms with E-state index in [-0.39, 0.29) is 5.60 Å². The van der Waals surface area contributed by atoms with Gasteiger partial charge in [0.25, 0.3) is 0 Å². The van der Waals surface area contributed by atoms with Gasteiger partial charge in [-0.15, -0.1) is 0 Å². The Kier molecular flexibility index (Phi) is 5.72. The highest BCUT2D eigenvalue weighted by atomic mass is 16.5. The number of hydrogen-bond acceptors (Lipinski definition) is 5. The standard InChI is InChI=1S/C23H28N4O/c1-26(16-21-6-3-9-25-15-21)22-13-23(28-18-22)7-10-27(11-8-23)17-20-5-2-4-19(12-20)14-24/h2-6,9,12,15,22H,7-8,10-11,13,16-18H2,1H3/t22-/m1/s1. The molecule has 28 heavy (non-hydrogen) atoms. The van der Waals surface area contributed by atoms with Crippen LogP contribution < -0.4 is 0 Å². The second-order valence-corrected chi connectivity index (χ2v) is 8.22. The van der Waals surface area contributed by atoms with Crippen molar-refractivity contribution in [3.63, 3.8) is 0 Å². The highest BCUT2D eigenvalue weighted by Gasteiger charge is 2.43. The minimum absolute atomic E-state index is 0.0405. The maximum Gasteiger partial charge on any atom is 0.0991 e. The number of pyridine rings is 1. The summed E-state index contributed by atoms with van der Waals surface area (Å²) in [6.07, 6.45) is 7.05. The van der Waals surface area contributed by atoms with Crippen molar-refractivity contribution in [3.8, 4) is 6.07 Å². The molecule has 2 fully saturated rings. The number of ether oxygens (including phenoxy) is 1. The summed E-state index contributed by atoms with van der Waals surface area (Å²) in [5.41, 5.74) is 3.25. The zero-order valence-corrected chi connectivity index (χ0v) is 16.6. The number of nitriles is 1. The summed E-state index contributed by atoms with van der Waals surface area (Å²) in [7, 11) is 2.19. The lowest BCUT2D eigenvalue weighted by atomic mass is 9.87. The van der Waals surface area contributed by atoms with E-state index in [1.165, 1.54) is 11.1 Å². The van der Waals surface area contributed by atoms with E-state index in [9.17, 15) is 0 Å². The van der Waals surface area contributed by atoms with Crippen molar-refractivity contribution in [1.29, 1.82) is 5.26 Å². The second-order valence-electron chi connectivity index (χ2n) is 8.22. The summed E-state index contributed by atoms with van der Waals surface area (Å²) in [4.78, 5) is 9.11. The van der Waals surface area contributed by atoms with Crippen LogP contribution in [0, 0.1) is 11.3 Å². The quantitative estimate of drug-likeness (QED) is 0.802. The fourth-order valence-electron chi connectivity index (χ4n) is 4.48. The van der Waals surface area contributed by atoms with Gasteiger partial charge in [-0.05, 0) is 55.6 Å². The second kappa shape index (κ2) is 8.40. The molecule has 2 aliphatic heterocycles. The molecular formula is C23H28N4O. The lowest BCUT2D eigenvalue weighted by Gasteiger charge is -2.39. The summed E-state index contributed by atoms with van der Waals surface area (Å²) in [5, 5.41) is 9.08. The number of nitrogens with zero attached hydrogens (tertiary/aromatic N) is 4. The van der Waals surface area contributed by atoms with Crippen LogP contribution in [0.1, 0.15) is 36.0 Å². The minimum Gasteiger partial charge on any atom is -0.373 e. The molecule has 0 amide bonds. The van der Waals surface area contributed by atoms with E-state index in [4.69, 9.17) is 10.00 Å². The van der Waals surface area contributed by atoms with E-state index in [1.807, 2.05) is 36.7 Å². The topological polar surface area (TPSA) is 52.4 Å². The first-order valence-corrected chi connectivity index (χ1v) is 10.1. The van der Waals surface area contributed by atoms with Gasteiger partial charge in [0.2, 0.25) is 0 Å². The maximum atomic E-state index is 9.08.